The summed E-state index contributed by atoms with van der Waals surface area (Å²) in [6, 6.07) is 3.97. The first kappa shape index (κ1) is 22.1. The van der Waals surface area contributed by atoms with Crippen LogP contribution in [-0.4, -0.2) is 37.7 Å². The van der Waals surface area contributed by atoms with Crippen molar-refractivity contribution in [3.8, 4) is 0 Å². The summed E-state index contributed by atoms with van der Waals surface area (Å²) in [6.07, 6.45) is -0.972. The average Bonchev–Trinajstić information content (AvgIpc) is 2.73. The van der Waals surface area contributed by atoms with E-state index in [1.165, 1.54) is 0 Å². The summed E-state index contributed by atoms with van der Waals surface area (Å²) in [5.74, 6) is -0.902. The third-order valence-corrected chi connectivity index (χ3v) is 6.92. The second-order valence-corrected chi connectivity index (χ2v) is 9.25. The summed E-state index contributed by atoms with van der Waals surface area (Å²) in [4.78, 5) is 23.1. The first-order valence-corrected chi connectivity index (χ1v) is 11.3. The lowest BCUT2D eigenvalue weighted by atomic mass is 9.72. The van der Waals surface area contributed by atoms with Gasteiger partial charge >= 0.3 is 6.18 Å². The quantitative estimate of drug-likeness (QED) is 0.522. The van der Waals surface area contributed by atoms with Crippen molar-refractivity contribution in [2.45, 2.75) is 70.6 Å². The molecular weight excluding hydrogens is 431 g/mol. The molecular formula is C24H26F3N5O. The molecule has 0 radical (unpaired) electrons. The standard InChI is InChI=1S/C24H26F3N5O/c1-12-8-15(4-6-28-12)19-11-16(5-7-33-19)22-31-20(17-9-18(10-17)24(25,26)27)21-23(32-22)30-14(3)13(2)29-21/h4,6,8,16-19H,5,7,9-11H2,1-3H3. The zero-order valence-electron chi connectivity index (χ0n) is 18.9. The SMILES string of the molecule is Cc1cc(C2CC(c3nc(C4CC(C(F)(F)F)C4)c4nc(C)c(C)nc4n3)CCO2)ccn1. The number of rotatable bonds is 3. The van der Waals surface area contributed by atoms with Gasteiger partial charge in [-0.25, -0.2) is 19.9 Å². The highest BCUT2D eigenvalue weighted by Gasteiger charge is 2.49. The first-order chi connectivity index (χ1) is 15.7. The molecule has 4 heterocycles. The number of halogens is 3. The Morgan fingerprint density at radius 2 is 1.70 bits per heavy atom. The molecule has 2 aliphatic rings. The van der Waals surface area contributed by atoms with Gasteiger partial charge < -0.3 is 4.74 Å². The Morgan fingerprint density at radius 3 is 2.42 bits per heavy atom. The number of aromatic nitrogens is 5. The Morgan fingerprint density at radius 1 is 0.939 bits per heavy atom. The minimum atomic E-state index is -4.17. The van der Waals surface area contributed by atoms with Crippen LogP contribution >= 0.6 is 0 Å². The van der Waals surface area contributed by atoms with Gasteiger partial charge in [0.2, 0.25) is 0 Å². The largest absolute Gasteiger partial charge is 0.391 e. The minimum Gasteiger partial charge on any atom is -0.373 e. The van der Waals surface area contributed by atoms with E-state index in [4.69, 9.17) is 14.7 Å². The Labute approximate surface area is 190 Å². The summed E-state index contributed by atoms with van der Waals surface area (Å²) < 4.78 is 45.5. The van der Waals surface area contributed by atoms with Crippen LogP contribution in [0.25, 0.3) is 11.2 Å². The minimum absolute atomic E-state index is 0.0299. The fourth-order valence-electron chi connectivity index (χ4n) is 4.76. The summed E-state index contributed by atoms with van der Waals surface area (Å²) in [7, 11) is 0. The van der Waals surface area contributed by atoms with Gasteiger partial charge in [0, 0.05) is 30.3 Å². The van der Waals surface area contributed by atoms with E-state index in [9.17, 15) is 13.2 Å². The van der Waals surface area contributed by atoms with Gasteiger partial charge in [-0.3, -0.25) is 4.98 Å². The lowest BCUT2D eigenvalue weighted by molar-refractivity contribution is -0.197. The number of fused-ring (bicyclic) bond motifs is 1. The molecule has 1 saturated carbocycles. The molecule has 1 saturated heterocycles. The predicted octanol–water partition coefficient (Wildman–Crippen LogP) is 5.43. The summed E-state index contributed by atoms with van der Waals surface area (Å²) in [5, 5.41) is 0. The number of aryl methyl sites for hydroxylation is 3. The van der Waals surface area contributed by atoms with Crippen LogP contribution in [0.1, 0.15) is 77.8 Å². The molecule has 3 aromatic heterocycles. The predicted molar refractivity (Wildman–Crippen MR) is 116 cm³/mol. The molecule has 3 aromatic rings. The highest BCUT2D eigenvalue weighted by atomic mass is 19.4. The van der Waals surface area contributed by atoms with E-state index in [2.05, 4.69) is 15.0 Å². The van der Waals surface area contributed by atoms with Crippen molar-refractivity contribution in [3.63, 3.8) is 0 Å². The molecule has 0 spiro atoms. The summed E-state index contributed by atoms with van der Waals surface area (Å²) in [6.45, 7) is 6.21. The summed E-state index contributed by atoms with van der Waals surface area (Å²) >= 11 is 0. The van der Waals surface area contributed by atoms with Gasteiger partial charge in [-0.15, -0.1) is 0 Å². The van der Waals surface area contributed by atoms with Crippen LogP contribution in [-0.2, 0) is 4.74 Å². The van der Waals surface area contributed by atoms with Gasteiger partial charge in [-0.1, -0.05) is 0 Å². The molecule has 0 aromatic carbocycles. The second kappa shape index (κ2) is 8.27. The Hall–Kier alpha value is -2.68. The maximum Gasteiger partial charge on any atom is 0.391 e. The van der Waals surface area contributed by atoms with E-state index in [0.29, 0.717) is 35.7 Å². The van der Waals surface area contributed by atoms with Gasteiger partial charge in [0.1, 0.15) is 11.3 Å². The average molecular weight is 458 g/mol. The van der Waals surface area contributed by atoms with Gasteiger partial charge in [0.25, 0.3) is 0 Å². The third-order valence-electron chi connectivity index (χ3n) is 6.92. The molecule has 33 heavy (non-hydrogen) atoms. The maximum atomic E-state index is 13.1. The highest BCUT2D eigenvalue weighted by Crippen LogP contribution is 2.50. The number of pyridine rings is 1. The van der Waals surface area contributed by atoms with Crippen LogP contribution in [0.5, 0.6) is 0 Å². The lowest BCUT2D eigenvalue weighted by Gasteiger charge is -2.36. The molecule has 0 bridgehead atoms. The molecule has 2 unspecified atom stereocenters. The van der Waals surface area contributed by atoms with Crippen molar-refractivity contribution >= 4 is 11.2 Å². The third kappa shape index (κ3) is 4.30. The Balaban J connectivity index is 1.50. The molecule has 9 heteroatoms. The number of nitrogens with zero attached hydrogens (tertiary/aromatic N) is 5. The first-order valence-electron chi connectivity index (χ1n) is 11.3. The van der Waals surface area contributed by atoms with Crippen LogP contribution in [0.4, 0.5) is 13.2 Å². The van der Waals surface area contributed by atoms with E-state index in [1.54, 1.807) is 6.20 Å². The topological polar surface area (TPSA) is 73.7 Å². The van der Waals surface area contributed by atoms with Gasteiger partial charge in [0.05, 0.1) is 29.1 Å². The fourth-order valence-corrected chi connectivity index (χ4v) is 4.76. The monoisotopic (exact) mass is 457 g/mol. The number of ether oxygens (including phenoxy) is 1. The van der Waals surface area contributed by atoms with Crippen molar-refractivity contribution in [2.75, 3.05) is 6.61 Å². The molecule has 2 fully saturated rings. The summed E-state index contributed by atoms with van der Waals surface area (Å²) in [5.41, 5.74) is 5.09. The van der Waals surface area contributed by atoms with Crippen LogP contribution in [0.15, 0.2) is 18.3 Å². The van der Waals surface area contributed by atoms with Crippen LogP contribution in [0.2, 0.25) is 0 Å². The Kier molecular flexibility index (Phi) is 5.55. The van der Waals surface area contributed by atoms with E-state index in [0.717, 1.165) is 29.1 Å². The normalized spacial score (nSPS) is 25.8. The molecule has 1 aliphatic carbocycles. The van der Waals surface area contributed by atoms with E-state index >= 15 is 0 Å². The van der Waals surface area contributed by atoms with E-state index in [1.807, 2.05) is 32.9 Å². The highest BCUT2D eigenvalue weighted by molar-refractivity contribution is 5.73. The number of hydrogen-bond donors (Lipinski definition) is 0. The maximum absolute atomic E-state index is 13.1. The van der Waals surface area contributed by atoms with Crippen molar-refractivity contribution in [3.05, 3.63) is 52.5 Å². The number of hydrogen-bond acceptors (Lipinski definition) is 6. The van der Waals surface area contributed by atoms with E-state index < -0.39 is 12.1 Å². The molecule has 5 rings (SSSR count). The Bertz CT molecular complexity index is 1190. The van der Waals surface area contributed by atoms with Crippen molar-refractivity contribution in [1.29, 1.82) is 0 Å². The van der Waals surface area contributed by atoms with Crippen molar-refractivity contribution < 1.29 is 17.9 Å². The van der Waals surface area contributed by atoms with Gasteiger partial charge in [0.15, 0.2) is 5.65 Å². The van der Waals surface area contributed by atoms with Crippen LogP contribution in [0.3, 0.4) is 0 Å². The van der Waals surface area contributed by atoms with Crippen molar-refractivity contribution in [2.24, 2.45) is 5.92 Å². The molecule has 2 atom stereocenters. The zero-order valence-corrected chi connectivity index (χ0v) is 18.9. The zero-order chi connectivity index (χ0) is 23.3. The van der Waals surface area contributed by atoms with Gasteiger partial charge in [-0.2, -0.15) is 13.2 Å². The number of alkyl halides is 3. The van der Waals surface area contributed by atoms with E-state index in [-0.39, 0.29) is 30.8 Å². The molecule has 0 amide bonds. The lowest BCUT2D eigenvalue weighted by Crippen LogP contribution is -2.35. The van der Waals surface area contributed by atoms with Crippen molar-refractivity contribution in [1.82, 2.24) is 24.9 Å². The molecule has 1 aliphatic heterocycles. The second-order valence-electron chi connectivity index (χ2n) is 9.25. The molecule has 0 N–H and O–H groups in total. The van der Waals surface area contributed by atoms with Crippen LogP contribution < -0.4 is 0 Å². The molecule has 6 nitrogen and oxygen atoms in total. The molecule has 174 valence electrons. The van der Waals surface area contributed by atoms with Crippen LogP contribution in [0, 0.1) is 26.7 Å². The fraction of sp³-hybridized carbons (Fsp3) is 0.542. The smallest absolute Gasteiger partial charge is 0.373 e. The van der Waals surface area contributed by atoms with Gasteiger partial charge in [-0.05, 0) is 64.2 Å².